The van der Waals surface area contributed by atoms with Crippen molar-refractivity contribution in [3.05, 3.63) is 0 Å². The lowest BCUT2D eigenvalue weighted by Gasteiger charge is -2.23. The summed E-state index contributed by atoms with van der Waals surface area (Å²) in [7, 11) is 0. The van der Waals surface area contributed by atoms with Gasteiger partial charge in [-0.15, -0.1) is 6.42 Å². The lowest BCUT2D eigenvalue weighted by atomic mass is 9.88. The van der Waals surface area contributed by atoms with E-state index < -0.39 is 17.4 Å². The number of urea groups is 1. The summed E-state index contributed by atoms with van der Waals surface area (Å²) in [6.45, 7) is 5.42. The molecule has 18 heavy (non-hydrogen) atoms. The zero-order valence-electron chi connectivity index (χ0n) is 11.2. The van der Waals surface area contributed by atoms with Crippen molar-refractivity contribution in [3.63, 3.8) is 0 Å². The summed E-state index contributed by atoms with van der Waals surface area (Å²) in [5.74, 6) is 1.56. The predicted octanol–water partition coefficient (Wildman–Crippen LogP) is 1.59. The summed E-state index contributed by atoms with van der Waals surface area (Å²) in [5, 5.41) is 14.2. The summed E-state index contributed by atoms with van der Waals surface area (Å²) in [4.78, 5) is 22.6. The van der Waals surface area contributed by atoms with Crippen LogP contribution in [-0.2, 0) is 4.79 Å². The second-order valence-corrected chi connectivity index (χ2v) is 4.55. The fraction of sp³-hybridized carbons (Fsp3) is 0.692. The van der Waals surface area contributed by atoms with Crippen LogP contribution in [0.1, 0.15) is 40.0 Å². The molecule has 2 atom stereocenters. The van der Waals surface area contributed by atoms with Crippen LogP contribution in [0.5, 0.6) is 0 Å². The van der Waals surface area contributed by atoms with E-state index in [1.165, 1.54) is 0 Å². The molecule has 0 spiro atoms. The molecule has 102 valence electrons. The van der Waals surface area contributed by atoms with E-state index in [1.54, 1.807) is 13.8 Å². The molecule has 0 aliphatic carbocycles. The first kappa shape index (κ1) is 16.3. The maximum Gasteiger partial charge on any atom is 0.315 e. The van der Waals surface area contributed by atoms with Gasteiger partial charge in [-0.3, -0.25) is 4.79 Å². The van der Waals surface area contributed by atoms with Crippen LogP contribution < -0.4 is 10.6 Å². The Bertz CT molecular complexity index is 336. The molecule has 0 saturated carbocycles. The minimum absolute atomic E-state index is 0.0775. The SMILES string of the molecule is C#CC(CCC)NC(=O)NCC(C)(CC)C(=O)O. The molecule has 0 aromatic carbocycles. The molecule has 0 aromatic heterocycles. The van der Waals surface area contributed by atoms with Crippen LogP contribution in [0.2, 0.25) is 0 Å². The Labute approximate surface area is 108 Å². The highest BCUT2D eigenvalue weighted by Gasteiger charge is 2.31. The van der Waals surface area contributed by atoms with Crippen LogP contribution in [0, 0.1) is 17.8 Å². The van der Waals surface area contributed by atoms with Crippen molar-refractivity contribution in [1.82, 2.24) is 10.6 Å². The number of rotatable bonds is 7. The van der Waals surface area contributed by atoms with Crippen LogP contribution >= 0.6 is 0 Å². The van der Waals surface area contributed by atoms with Crippen LogP contribution in [0.15, 0.2) is 0 Å². The van der Waals surface area contributed by atoms with E-state index in [1.807, 2.05) is 6.92 Å². The van der Waals surface area contributed by atoms with Gasteiger partial charge in [0.2, 0.25) is 0 Å². The van der Waals surface area contributed by atoms with Crippen molar-refractivity contribution in [1.29, 1.82) is 0 Å². The van der Waals surface area contributed by atoms with E-state index in [9.17, 15) is 9.59 Å². The average Bonchev–Trinajstić information content (AvgIpc) is 2.35. The summed E-state index contributed by atoms with van der Waals surface area (Å²) >= 11 is 0. The molecule has 0 aliphatic heterocycles. The Kier molecular flexibility index (Phi) is 6.88. The number of amides is 2. The Balaban J connectivity index is 4.26. The third-order valence-corrected chi connectivity index (χ3v) is 3.02. The molecular weight excluding hydrogens is 232 g/mol. The number of terminal acetylenes is 1. The van der Waals surface area contributed by atoms with Gasteiger partial charge in [-0.25, -0.2) is 4.79 Å². The molecule has 0 bridgehead atoms. The number of carbonyl (C=O) groups is 2. The molecule has 0 heterocycles. The molecule has 2 amide bonds. The number of aliphatic carboxylic acids is 1. The van der Waals surface area contributed by atoms with Gasteiger partial charge in [-0.05, 0) is 19.8 Å². The van der Waals surface area contributed by atoms with E-state index in [-0.39, 0.29) is 12.6 Å². The standard InChI is InChI=1S/C13H22N2O3/c1-5-8-10(6-2)15-12(18)14-9-13(4,7-3)11(16)17/h2,10H,5,7-9H2,1,3-4H3,(H,16,17)(H2,14,15,18). The molecule has 0 aromatic rings. The minimum atomic E-state index is -0.951. The number of nitrogens with one attached hydrogen (secondary N) is 2. The Morgan fingerprint density at radius 2 is 2.06 bits per heavy atom. The van der Waals surface area contributed by atoms with Gasteiger partial charge in [0.25, 0.3) is 0 Å². The molecule has 3 N–H and O–H groups in total. The normalized spacial score (nSPS) is 15.0. The number of carbonyl (C=O) groups excluding carboxylic acids is 1. The monoisotopic (exact) mass is 254 g/mol. The van der Waals surface area contributed by atoms with Gasteiger partial charge >= 0.3 is 12.0 Å². The third-order valence-electron chi connectivity index (χ3n) is 3.02. The van der Waals surface area contributed by atoms with Crippen LogP contribution in [0.3, 0.4) is 0 Å². The Hall–Kier alpha value is -1.70. The van der Waals surface area contributed by atoms with Gasteiger partial charge in [0, 0.05) is 6.54 Å². The molecule has 0 aliphatic rings. The van der Waals surface area contributed by atoms with Crippen molar-refractivity contribution < 1.29 is 14.7 Å². The van der Waals surface area contributed by atoms with Gasteiger partial charge in [0.05, 0.1) is 11.5 Å². The number of carboxylic acids is 1. The fourth-order valence-corrected chi connectivity index (χ4v) is 1.32. The lowest BCUT2D eigenvalue weighted by molar-refractivity contribution is -0.147. The van der Waals surface area contributed by atoms with Crippen LogP contribution in [-0.4, -0.2) is 29.7 Å². The quantitative estimate of drug-likeness (QED) is 0.604. The second kappa shape index (κ2) is 7.59. The van der Waals surface area contributed by atoms with E-state index >= 15 is 0 Å². The molecule has 5 nitrogen and oxygen atoms in total. The first-order valence-electron chi connectivity index (χ1n) is 6.13. The third kappa shape index (κ3) is 5.09. The first-order valence-corrected chi connectivity index (χ1v) is 6.13. The van der Waals surface area contributed by atoms with Crippen molar-refractivity contribution in [2.75, 3.05) is 6.54 Å². The molecule has 0 fully saturated rings. The second-order valence-electron chi connectivity index (χ2n) is 4.55. The Morgan fingerprint density at radius 3 is 2.44 bits per heavy atom. The molecular formula is C13H22N2O3. The Morgan fingerprint density at radius 1 is 1.44 bits per heavy atom. The van der Waals surface area contributed by atoms with Gasteiger partial charge in [-0.2, -0.15) is 0 Å². The molecule has 2 unspecified atom stereocenters. The highest BCUT2D eigenvalue weighted by molar-refractivity contribution is 5.78. The van der Waals surface area contributed by atoms with Gasteiger partial charge < -0.3 is 15.7 Å². The highest BCUT2D eigenvalue weighted by atomic mass is 16.4. The van der Waals surface area contributed by atoms with Gasteiger partial charge in [0.15, 0.2) is 0 Å². The topological polar surface area (TPSA) is 78.4 Å². The summed E-state index contributed by atoms with van der Waals surface area (Å²) in [6, 6.07) is -0.736. The van der Waals surface area contributed by atoms with Crippen molar-refractivity contribution in [2.24, 2.45) is 5.41 Å². The van der Waals surface area contributed by atoms with E-state index in [2.05, 4.69) is 16.6 Å². The maximum atomic E-state index is 11.6. The van der Waals surface area contributed by atoms with Crippen LogP contribution in [0.4, 0.5) is 4.79 Å². The number of hydrogen-bond acceptors (Lipinski definition) is 2. The maximum absolute atomic E-state index is 11.6. The molecule has 0 radical (unpaired) electrons. The minimum Gasteiger partial charge on any atom is -0.481 e. The zero-order chi connectivity index (χ0) is 14.2. The van der Waals surface area contributed by atoms with Gasteiger partial charge in [0.1, 0.15) is 0 Å². The lowest BCUT2D eigenvalue weighted by Crippen LogP contribution is -2.47. The smallest absolute Gasteiger partial charge is 0.315 e. The summed E-state index contributed by atoms with van der Waals surface area (Å²) < 4.78 is 0. The van der Waals surface area contributed by atoms with Crippen molar-refractivity contribution in [2.45, 2.75) is 46.1 Å². The molecule has 5 heteroatoms. The van der Waals surface area contributed by atoms with Crippen molar-refractivity contribution >= 4 is 12.0 Å². The first-order chi connectivity index (χ1) is 8.39. The van der Waals surface area contributed by atoms with E-state index in [0.717, 1.165) is 6.42 Å². The number of hydrogen-bond donors (Lipinski definition) is 3. The largest absolute Gasteiger partial charge is 0.481 e. The predicted molar refractivity (Wildman–Crippen MR) is 70.1 cm³/mol. The summed E-state index contributed by atoms with van der Waals surface area (Å²) in [6.07, 6.45) is 7.29. The van der Waals surface area contributed by atoms with E-state index in [4.69, 9.17) is 11.5 Å². The highest BCUT2D eigenvalue weighted by Crippen LogP contribution is 2.19. The summed E-state index contributed by atoms with van der Waals surface area (Å²) in [5.41, 5.74) is -0.951. The van der Waals surface area contributed by atoms with E-state index in [0.29, 0.717) is 12.8 Å². The molecule has 0 saturated heterocycles. The van der Waals surface area contributed by atoms with Gasteiger partial charge in [-0.1, -0.05) is 26.2 Å². The van der Waals surface area contributed by atoms with Crippen LogP contribution in [0.25, 0.3) is 0 Å². The average molecular weight is 254 g/mol. The molecule has 0 rings (SSSR count). The van der Waals surface area contributed by atoms with Crippen molar-refractivity contribution in [3.8, 4) is 12.3 Å². The number of carboxylic acid groups (broad SMARTS) is 1. The zero-order valence-corrected chi connectivity index (χ0v) is 11.2. The fourth-order valence-electron chi connectivity index (χ4n) is 1.32.